The number of carbonyl (C=O) groups excluding carboxylic acids is 1. The Kier molecular flexibility index (Phi) is 5.03. The third-order valence-electron chi connectivity index (χ3n) is 5.42. The number of piperidine rings is 1. The molecule has 1 unspecified atom stereocenters. The van der Waals surface area contributed by atoms with Crippen LogP contribution in [0.1, 0.15) is 53.0 Å². The van der Waals surface area contributed by atoms with Crippen LogP contribution in [0, 0.1) is 13.8 Å². The van der Waals surface area contributed by atoms with Crippen LogP contribution in [0.25, 0.3) is 10.9 Å². The summed E-state index contributed by atoms with van der Waals surface area (Å²) >= 11 is 0. The molecular formula is C22H26N4O2. The third-order valence-corrected chi connectivity index (χ3v) is 5.42. The van der Waals surface area contributed by atoms with Gasteiger partial charge in [0.05, 0.1) is 17.8 Å². The Balaban J connectivity index is 1.85. The van der Waals surface area contributed by atoms with E-state index in [1.165, 1.54) is 0 Å². The quantitative estimate of drug-likeness (QED) is 0.691. The lowest BCUT2D eigenvalue weighted by atomic mass is 9.95. The predicted molar refractivity (Wildman–Crippen MR) is 110 cm³/mol. The summed E-state index contributed by atoms with van der Waals surface area (Å²) in [5.41, 5.74) is 4.69. The van der Waals surface area contributed by atoms with E-state index in [4.69, 9.17) is 4.74 Å². The lowest BCUT2D eigenvalue weighted by Gasteiger charge is -2.35. The molecule has 1 N–H and O–H groups in total. The van der Waals surface area contributed by atoms with Crippen LogP contribution in [0.3, 0.4) is 0 Å². The second kappa shape index (κ2) is 7.62. The predicted octanol–water partition coefficient (Wildman–Crippen LogP) is 4.14. The minimum atomic E-state index is -0.314. The molecule has 6 heteroatoms. The van der Waals surface area contributed by atoms with Crippen molar-refractivity contribution in [1.29, 1.82) is 0 Å². The van der Waals surface area contributed by atoms with Gasteiger partial charge >= 0.3 is 5.97 Å². The van der Waals surface area contributed by atoms with E-state index in [0.717, 1.165) is 59.5 Å². The molecule has 0 radical (unpaired) electrons. The van der Waals surface area contributed by atoms with Crippen molar-refractivity contribution in [3.63, 3.8) is 0 Å². The largest absolute Gasteiger partial charge is 0.462 e. The number of anilines is 1. The number of hydrogen-bond donors (Lipinski definition) is 1. The number of H-pyrrole nitrogens is 1. The van der Waals surface area contributed by atoms with Crippen LogP contribution in [0.5, 0.6) is 0 Å². The Morgan fingerprint density at radius 1 is 1.32 bits per heavy atom. The van der Waals surface area contributed by atoms with Crippen LogP contribution < -0.4 is 4.90 Å². The molecule has 0 amide bonds. The van der Waals surface area contributed by atoms with Gasteiger partial charge in [0.15, 0.2) is 0 Å². The second-order valence-electron chi connectivity index (χ2n) is 7.48. The number of benzene rings is 1. The molecule has 0 bridgehead atoms. The fourth-order valence-electron chi connectivity index (χ4n) is 4.25. The zero-order valence-corrected chi connectivity index (χ0v) is 16.7. The molecule has 146 valence electrons. The van der Waals surface area contributed by atoms with Crippen molar-refractivity contribution in [3.8, 4) is 0 Å². The third kappa shape index (κ3) is 3.35. The molecule has 2 aromatic heterocycles. The molecule has 0 saturated carbocycles. The first kappa shape index (κ1) is 18.5. The molecular weight excluding hydrogens is 352 g/mol. The number of aromatic amines is 1. The van der Waals surface area contributed by atoms with Gasteiger partial charge in [-0.2, -0.15) is 0 Å². The molecule has 1 saturated heterocycles. The van der Waals surface area contributed by atoms with Gasteiger partial charge in [0.2, 0.25) is 0 Å². The lowest BCUT2D eigenvalue weighted by molar-refractivity contribution is 0.0526. The minimum Gasteiger partial charge on any atom is -0.462 e. The van der Waals surface area contributed by atoms with Crippen molar-refractivity contribution >= 4 is 22.6 Å². The molecule has 0 spiro atoms. The van der Waals surface area contributed by atoms with Gasteiger partial charge in [-0.3, -0.25) is 4.98 Å². The number of aryl methyl sites for hydroxylation is 2. The fourth-order valence-corrected chi connectivity index (χ4v) is 4.25. The maximum atomic E-state index is 12.7. The van der Waals surface area contributed by atoms with Gasteiger partial charge in [0.1, 0.15) is 11.4 Å². The van der Waals surface area contributed by atoms with Crippen LogP contribution >= 0.6 is 0 Å². The van der Waals surface area contributed by atoms with Crippen molar-refractivity contribution in [3.05, 3.63) is 53.2 Å². The van der Waals surface area contributed by atoms with E-state index in [9.17, 15) is 4.79 Å². The number of rotatable bonds is 4. The van der Waals surface area contributed by atoms with E-state index in [2.05, 4.69) is 45.8 Å². The van der Waals surface area contributed by atoms with E-state index in [-0.39, 0.29) is 5.97 Å². The van der Waals surface area contributed by atoms with Crippen molar-refractivity contribution in [1.82, 2.24) is 15.0 Å². The lowest BCUT2D eigenvalue weighted by Crippen LogP contribution is -2.36. The molecule has 1 atom stereocenters. The minimum absolute atomic E-state index is 0.313. The Morgan fingerprint density at radius 3 is 2.93 bits per heavy atom. The highest BCUT2D eigenvalue weighted by Gasteiger charge is 2.28. The number of imidazole rings is 1. The van der Waals surface area contributed by atoms with E-state index in [0.29, 0.717) is 18.1 Å². The van der Waals surface area contributed by atoms with Gasteiger partial charge in [-0.05, 0) is 45.2 Å². The molecule has 0 aliphatic carbocycles. The SMILES string of the molecule is CCOC(=O)c1cnc2c(C)cc(C)cc2c1N1CCCC(c2ncc[nH]2)C1. The average Bonchev–Trinajstić information content (AvgIpc) is 3.22. The maximum absolute atomic E-state index is 12.7. The number of ether oxygens (including phenoxy) is 1. The molecule has 3 heterocycles. The number of carbonyl (C=O) groups is 1. The number of aromatic nitrogens is 3. The highest BCUT2D eigenvalue weighted by atomic mass is 16.5. The molecule has 1 aliphatic rings. The molecule has 1 fully saturated rings. The summed E-state index contributed by atoms with van der Waals surface area (Å²) in [5, 5.41) is 1.02. The van der Waals surface area contributed by atoms with Crippen LogP contribution in [-0.4, -0.2) is 40.6 Å². The fraction of sp³-hybridized carbons (Fsp3) is 0.409. The van der Waals surface area contributed by atoms with E-state index < -0.39 is 0 Å². The van der Waals surface area contributed by atoms with Crippen LogP contribution in [0.15, 0.2) is 30.7 Å². The number of nitrogens with zero attached hydrogens (tertiary/aromatic N) is 3. The summed E-state index contributed by atoms with van der Waals surface area (Å²) in [6.45, 7) is 8.03. The second-order valence-corrected chi connectivity index (χ2v) is 7.48. The van der Waals surface area contributed by atoms with Crippen molar-refractivity contribution in [2.75, 3.05) is 24.6 Å². The van der Waals surface area contributed by atoms with Gasteiger partial charge in [-0.1, -0.05) is 11.6 Å². The van der Waals surface area contributed by atoms with E-state index in [1.807, 2.05) is 13.1 Å². The Bertz CT molecular complexity index is 997. The highest BCUT2D eigenvalue weighted by Crippen LogP contribution is 2.36. The summed E-state index contributed by atoms with van der Waals surface area (Å²) in [4.78, 5) is 27.3. The van der Waals surface area contributed by atoms with Gasteiger partial charge in [0, 0.05) is 43.0 Å². The average molecular weight is 378 g/mol. The van der Waals surface area contributed by atoms with Crippen LogP contribution in [0.2, 0.25) is 0 Å². The van der Waals surface area contributed by atoms with Gasteiger partial charge in [-0.15, -0.1) is 0 Å². The standard InChI is InChI=1S/C22H26N4O2/c1-4-28-22(27)18-12-25-19-15(3)10-14(2)11-17(19)20(18)26-9-5-6-16(13-26)21-23-7-8-24-21/h7-8,10-12,16H,4-6,9,13H2,1-3H3,(H,23,24). The molecule has 28 heavy (non-hydrogen) atoms. The molecule has 4 rings (SSSR count). The first-order valence-corrected chi connectivity index (χ1v) is 9.89. The van der Waals surface area contributed by atoms with Crippen LogP contribution in [0.4, 0.5) is 5.69 Å². The number of hydrogen-bond acceptors (Lipinski definition) is 5. The highest BCUT2D eigenvalue weighted by molar-refractivity contribution is 6.06. The van der Waals surface area contributed by atoms with Crippen LogP contribution in [-0.2, 0) is 4.74 Å². The van der Waals surface area contributed by atoms with Crippen molar-refractivity contribution in [2.45, 2.75) is 39.5 Å². The van der Waals surface area contributed by atoms with E-state index in [1.54, 1.807) is 12.4 Å². The van der Waals surface area contributed by atoms with E-state index >= 15 is 0 Å². The zero-order valence-electron chi connectivity index (χ0n) is 16.7. The molecule has 1 aromatic carbocycles. The Morgan fingerprint density at radius 2 is 2.18 bits per heavy atom. The zero-order chi connectivity index (χ0) is 19.7. The van der Waals surface area contributed by atoms with Gasteiger partial charge < -0.3 is 14.6 Å². The summed E-state index contributed by atoms with van der Waals surface area (Å²) in [6, 6.07) is 4.26. The smallest absolute Gasteiger partial charge is 0.341 e. The van der Waals surface area contributed by atoms with Gasteiger partial charge in [0.25, 0.3) is 0 Å². The number of nitrogens with one attached hydrogen (secondary N) is 1. The normalized spacial score (nSPS) is 17.1. The summed E-state index contributed by atoms with van der Waals surface area (Å²) < 4.78 is 5.34. The molecule has 1 aliphatic heterocycles. The number of esters is 1. The summed E-state index contributed by atoms with van der Waals surface area (Å²) in [5.74, 6) is 1.01. The molecule has 3 aromatic rings. The van der Waals surface area contributed by atoms with Crippen molar-refractivity contribution < 1.29 is 9.53 Å². The number of fused-ring (bicyclic) bond motifs is 1. The first-order valence-electron chi connectivity index (χ1n) is 9.89. The maximum Gasteiger partial charge on any atom is 0.341 e. The number of pyridine rings is 1. The van der Waals surface area contributed by atoms with Gasteiger partial charge in [-0.25, -0.2) is 9.78 Å². The monoisotopic (exact) mass is 378 g/mol. The Labute approximate surface area is 164 Å². The topological polar surface area (TPSA) is 71.1 Å². The summed E-state index contributed by atoms with van der Waals surface area (Å²) in [6.07, 6.45) is 7.47. The van der Waals surface area contributed by atoms with Crippen molar-refractivity contribution in [2.24, 2.45) is 0 Å². The first-order chi connectivity index (χ1) is 13.6. The summed E-state index contributed by atoms with van der Waals surface area (Å²) in [7, 11) is 0. The Hall–Kier alpha value is -2.89. The molecule has 6 nitrogen and oxygen atoms in total.